The van der Waals surface area contributed by atoms with E-state index in [2.05, 4.69) is 19.4 Å². The summed E-state index contributed by atoms with van der Waals surface area (Å²) in [6.45, 7) is -0.884. The summed E-state index contributed by atoms with van der Waals surface area (Å²) >= 11 is 0.869. The molecule has 15 heavy (non-hydrogen) atoms. The smallest absolute Gasteiger partial charge is 0.274 e. The summed E-state index contributed by atoms with van der Waals surface area (Å²) in [4.78, 5) is 7.86. The first-order chi connectivity index (χ1) is 7.13. The van der Waals surface area contributed by atoms with E-state index in [1.165, 1.54) is 0 Å². The molecular formula is C6H5F2N5OS. The first-order valence-corrected chi connectivity index (χ1v) is 4.38. The Kier molecular flexibility index (Phi) is 3.87. The minimum atomic E-state index is -2.65. The second-order valence-corrected chi connectivity index (χ2v) is 2.98. The molecule has 0 aliphatic carbocycles. The molecule has 0 aliphatic heterocycles. The summed E-state index contributed by atoms with van der Waals surface area (Å²) < 4.78 is 27.0. The van der Waals surface area contributed by atoms with E-state index in [-0.39, 0.29) is 16.7 Å². The molecule has 1 heterocycles. The molecule has 0 fully saturated rings. The second-order valence-electron chi connectivity index (χ2n) is 2.19. The zero-order chi connectivity index (χ0) is 11.3. The fourth-order valence-corrected chi connectivity index (χ4v) is 1.04. The number of alkyl halides is 2. The van der Waals surface area contributed by atoms with E-state index in [0.29, 0.717) is 0 Å². The van der Waals surface area contributed by atoms with Crippen molar-refractivity contribution in [2.75, 3.05) is 12.3 Å². The van der Waals surface area contributed by atoms with Gasteiger partial charge in [0.15, 0.2) is 11.7 Å². The van der Waals surface area contributed by atoms with Crippen LogP contribution >= 0.6 is 11.5 Å². The average Bonchev–Trinajstić information content (AvgIpc) is 2.59. The third kappa shape index (κ3) is 3.43. The summed E-state index contributed by atoms with van der Waals surface area (Å²) in [5.41, 5.74) is 4.98. The Morgan fingerprint density at radius 2 is 2.47 bits per heavy atom. The Hall–Kier alpha value is -1.82. The van der Waals surface area contributed by atoms with Gasteiger partial charge >= 0.3 is 0 Å². The van der Waals surface area contributed by atoms with Gasteiger partial charge in [-0.2, -0.15) is 14.6 Å². The molecule has 1 aromatic rings. The Morgan fingerprint density at radius 1 is 1.73 bits per heavy atom. The van der Waals surface area contributed by atoms with Gasteiger partial charge in [0.05, 0.1) is 0 Å². The Bertz CT molecular complexity index is 398. The maximum Gasteiger partial charge on any atom is 0.274 e. The molecule has 80 valence electrons. The van der Waals surface area contributed by atoms with Gasteiger partial charge in [-0.25, -0.2) is 8.78 Å². The van der Waals surface area contributed by atoms with Crippen molar-refractivity contribution in [3.05, 3.63) is 5.82 Å². The molecule has 0 saturated carbocycles. The molecule has 0 amide bonds. The largest absolute Gasteiger partial charge is 0.389 e. The Balaban J connectivity index is 2.68. The fourth-order valence-electron chi connectivity index (χ4n) is 0.601. The van der Waals surface area contributed by atoms with Gasteiger partial charge in [-0.05, 0) is 0 Å². The van der Waals surface area contributed by atoms with E-state index in [4.69, 9.17) is 11.0 Å². The number of nitrogens with two attached hydrogens (primary N) is 1. The molecule has 0 unspecified atom stereocenters. The number of rotatable bonds is 4. The van der Waals surface area contributed by atoms with E-state index in [9.17, 15) is 8.78 Å². The van der Waals surface area contributed by atoms with Crippen molar-refractivity contribution in [2.24, 2.45) is 5.16 Å². The molecule has 0 aromatic carbocycles. The number of nitrogen functional groups attached to an aromatic ring is 1. The zero-order valence-electron chi connectivity index (χ0n) is 7.22. The third-order valence-corrected chi connectivity index (χ3v) is 1.66. The van der Waals surface area contributed by atoms with Crippen LogP contribution in [-0.4, -0.2) is 28.1 Å². The predicted octanol–water partition coefficient (Wildman–Crippen LogP) is 0.630. The minimum absolute atomic E-state index is 0.0331. The van der Waals surface area contributed by atoms with Crippen molar-refractivity contribution in [2.45, 2.75) is 6.43 Å². The molecule has 0 atom stereocenters. The van der Waals surface area contributed by atoms with Crippen molar-refractivity contribution < 1.29 is 13.6 Å². The van der Waals surface area contributed by atoms with Gasteiger partial charge < -0.3 is 10.6 Å². The lowest BCUT2D eigenvalue weighted by molar-refractivity contribution is 0.0204. The van der Waals surface area contributed by atoms with Crippen LogP contribution in [0.15, 0.2) is 5.16 Å². The summed E-state index contributed by atoms with van der Waals surface area (Å²) in [6.07, 6.45) is -2.65. The first kappa shape index (κ1) is 11.3. The standard InChI is InChI=1S/C6H5F2N5OS/c7-4(8)2-14-12-3(1-9)5-11-6(10)15-13-5/h4H,2H2,(H2,10,11,13)/b12-3+. The van der Waals surface area contributed by atoms with Gasteiger partial charge in [0, 0.05) is 11.5 Å². The molecule has 0 saturated heterocycles. The van der Waals surface area contributed by atoms with E-state index < -0.39 is 13.0 Å². The number of nitrogens with zero attached hydrogens (tertiary/aromatic N) is 4. The monoisotopic (exact) mass is 233 g/mol. The molecule has 0 spiro atoms. The normalized spacial score (nSPS) is 11.5. The SMILES string of the molecule is N#C/C(=N\OCC(F)F)c1nsc(N)n1. The van der Waals surface area contributed by atoms with Crippen LogP contribution < -0.4 is 5.73 Å². The van der Waals surface area contributed by atoms with Crippen molar-refractivity contribution in [3.8, 4) is 6.07 Å². The van der Waals surface area contributed by atoms with Crippen molar-refractivity contribution in [1.82, 2.24) is 9.36 Å². The van der Waals surface area contributed by atoms with Gasteiger partial charge in [-0.15, -0.1) is 0 Å². The zero-order valence-corrected chi connectivity index (χ0v) is 8.04. The number of anilines is 1. The molecule has 0 radical (unpaired) electrons. The quantitative estimate of drug-likeness (QED) is 0.607. The maximum atomic E-state index is 11.7. The average molecular weight is 233 g/mol. The van der Waals surface area contributed by atoms with Crippen LogP contribution in [0.3, 0.4) is 0 Å². The molecule has 1 aromatic heterocycles. The highest BCUT2D eigenvalue weighted by atomic mass is 32.1. The topological polar surface area (TPSA) is 97.2 Å². The lowest BCUT2D eigenvalue weighted by Crippen LogP contribution is -2.05. The molecule has 2 N–H and O–H groups in total. The van der Waals surface area contributed by atoms with Crippen molar-refractivity contribution in [1.29, 1.82) is 5.26 Å². The highest BCUT2D eigenvalue weighted by Crippen LogP contribution is 2.06. The highest BCUT2D eigenvalue weighted by Gasteiger charge is 2.10. The number of hydrogen-bond donors (Lipinski definition) is 1. The molecule has 6 nitrogen and oxygen atoms in total. The van der Waals surface area contributed by atoms with Crippen LogP contribution in [0.1, 0.15) is 5.82 Å². The van der Waals surface area contributed by atoms with Gasteiger partial charge in [0.1, 0.15) is 6.07 Å². The van der Waals surface area contributed by atoms with Gasteiger partial charge in [-0.3, -0.25) is 0 Å². The van der Waals surface area contributed by atoms with Gasteiger partial charge in [0.2, 0.25) is 11.5 Å². The maximum absolute atomic E-state index is 11.7. The first-order valence-electron chi connectivity index (χ1n) is 3.61. The number of hydrogen-bond acceptors (Lipinski definition) is 7. The minimum Gasteiger partial charge on any atom is -0.389 e. The number of aromatic nitrogens is 2. The third-order valence-electron chi connectivity index (χ3n) is 1.12. The Morgan fingerprint density at radius 3 is 2.93 bits per heavy atom. The summed E-state index contributed by atoms with van der Waals surface area (Å²) in [5, 5.41) is 11.9. The fraction of sp³-hybridized carbons (Fsp3) is 0.333. The van der Waals surface area contributed by atoms with E-state index in [1.807, 2.05) is 0 Å². The molecule has 1 rings (SSSR count). The highest BCUT2D eigenvalue weighted by molar-refractivity contribution is 7.09. The van der Waals surface area contributed by atoms with Crippen LogP contribution in [-0.2, 0) is 4.84 Å². The van der Waals surface area contributed by atoms with Crippen molar-refractivity contribution >= 4 is 22.4 Å². The lowest BCUT2D eigenvalue weighted by Gasteiger charge is -1.96. The van der Waals surface area contributed by atoms with Crippen LogP contribution in [0.25, 0.3) is 0 Å². The van der Waals surface area contributed by atoms with E-state index in [1.54, 1.807) is 6.07 Å². The summed E-state index contributed by atoms with van der Waals surface area (Å²) in [5.74, 6) is -0.0331. The molecule has 9 heteroatoms. The Labute approximate surface area is 87.1 Å². The van der Waals surface area contributed by atoms with Crippen molar-refractivity contribution in [3.63, 3.8) is 0 Å². The lowest BCUT2D eigenvalue weighted by atomic mass is 10.4. The van der Waals surface area contributed by atoms with E-state index >= 15 is 0 Å². The van der Waals surface area contributed by atoms with Crippen LogP contribution in [0.2, 0.25) is 0 Å². The van der Waals surface area contributed by atoms with Gasteiger partial charge in [-0.1, -0.05) is 5.16 Å². The molecule has 0 aliphatic rings. The summed E-state index contributed by atoms with van der Waals surface area (Å²) in [6, 6.07) is 1.61. The van der Waals surface area contributed by atoms with E-state index in [0.717, 1.165) is 11.5 Å². The van der Waals surface area contributed by atoms with Gasteiger partial charge in [0.25, 0.3) is 6.43 Å². The number of oxime groups is 1. The molecular weight excluding hydrogens is 228 g/mol. The second kappa shape index (κ2) is 5.16. The van der Waals surface area contributed by atoms with Crippen LogP contribution in [0, 0.1) is 11.3 Å². The summed E-state index contributed by atoms with van der Waals surface area (Å²) in [7, 11) is 0. The predicted molar refractivity (Wildman–Crippen MR) is 48.4 cm³/mol. The van der Waals surface area contributed by atoms with Crippen LogP contribution in [0.5, 0.6) is 0 Å². The number of nitriles is 1. The molecule has 0 bridgehead atoms. The van der Waals surface area contributed by atoms with Crippen LogP contribution in [0.4, 0.5) is 13.9 Å². The number of halogens is 2.